The Labute approximate surface area is 171 Å². The van der Waals surface area contributed by atoms with E-state index in [0.29, 0.717) is 42.5 Å². The van der Waals surface area contributed by atoms with Crippen molar-refractivity contribution in [3.05, 3.63) is 65.5 Å². The molecule has 2 aromatic carbocycles. The summed E-state index contributed by atoms with van der Waals surface area (Å²) in [6.45, 7) is 5.75. The summed E-state index contributed by atoms with van der Waals surface area (Å²) in [5.74, 6) is -0.466. The van der Waals surface area contributed by atoms with Gasteiger partial charge in [0.05, 0.1) is 6.54 Å². The average Bonchev–Trinajstić information content (AvgIpc) is 3.55. The van der Waals surface area contributed by atoms with Crippen molar-refractivity contribution in [1.82, 2.24) is 9.80 Å². The summed E-state index contributed by atoms with van der Waals surface area (Å²) >= 11 is 0. The van der Waals surface area contributed by atoms with Gasteiger partial charge in [-0.15, -0.1) is 0 Å². The van der Waals surface area contributed by atoms with Crippen LogP contribution in [0.3, 0.4) is 0 Å². The summed E-state index contributed by atoms with van der Waals surface area (Å²) in [5.41, 5.74) is 1.74. The second-order valence-corrected chi connectivity index (χ2v) is 7.33. The van der Waals surface area contributed by atoms with Gasteiger partial charge in [-0.1, -0.05) is 24.3 Å². The van der Waals surface area contributed by atoms with Crippen molar-refractivity contribution < 1.29 is 14.0 Å². The maximum atomic E-state index is 14.0. The van der Waals surface area contributed by atoms with Crippen molar-refractivity contribution in [3.63, 3.8) is 0 Å². The van der Waals surface area contributed by atoms with Crippen molar-refractivity contribution in [2.24, 2.45) is 0 Å². The maximum absolute atomic E-state index is 14.0. The minimum atomic E-state index is -0.249. The normalized spacial score (nSPS) is 13.4. The quantitative estimate of drug-likeness (QED) is 0.698. The molecule has 1 aliphatic rings. The topological polar surface area (TPSA) is 52.7 Å². The van der Waals surface area contributed by atoms with Gasteiger partial charge in [0.15, 0.2) is 0 Å². The Balaban J connectivity index is 1.64. The van der Waals surface area contributed by atoms with Crippen LogP contribution in [-0.2, 0) is 11.3 Å². The lowest BCUT2D eigenvalue weighted by Crippen LogP contribution is -2.35. The number of hydrogen-bond donors (Lipinski definition) is 1. The first-order valence-corrected chi connectivity index (χ1v) is 10.2. The molecule has 5 nitrogen and oxygen atoms in total. The van der Waals surface area contributed by atoms with E-state index in [4.69, 9.17) is 0 Å². The number of amides is 2. The van der Waals surface area contributed by atoms with E-state index >= 15 is 0 Å². The van der Waals surface area contributed by atoms with Gasteiger partial charge in [0.2, 0.25) is 5.91 Å². The number of benzene rings is 2. The monoisotopic (exact) mass is 397 g/mol. The highest BCUT2D eigenvalue weighted by molar-refractivity contribution is 5.97. The van der Waals surface area contributed by atoms with Gasteiger partial charge >= 0.3 is 0 Å². The first-order chi connectivity index (χ1) is 14.0. The third kappa shape index (κ3) is 5.64. The van der Waals surface area contributed by atoms with Crippen LogP contribution < -0.4 is 5.32 Å². The number of carbonyl (C=O) groups is 2. The molecular weight excluding hydrogens is 369 g/mol. The van der Waals surface area contributed by atoms with Gasteiger partial charge in [0.1, 0.15) is 5.82 Å². The third-order valence-corrected chi connectivity index (χ3v) is 5.19. The highest BCUT2D eigenvalue weighted by Gasteiger charge is 2.30. The largest absolute Gasteiger partial charge is 0.339 e. The van der Waals surface area contributed by atoms with Gasteiger partial charge in [-0.25, -0.2) is 4.39 Å². The van der Waals surface area contributed by atoms with Crippen LogP contribution in [0.5, 0.6) is 0 Å². The number of hydrogen-bond acceptors (Lipinski definition) is 3. The Morgan fingerprint density at radius 3 is 2.45 bits per heavy atom. The van der Waals surface area contributed by atoms with Gasteiger partial charge in [-0.3, -0.25) is 14.5 Å². The zero-order valence-corrected chi connectivity index (χ0v) is 17.0. The summed E-state index contributed by atoms with van der Waals surface area (Å²) in [7, 11) is 0. The van der Waals surface area contributed by atoms with Crippen LogP contribution in [0.4, 0.5) is 10.1 Å². The number of anilines is 1. The summed E-state index contributed by atoms with van der Waals surface area (Å²) in [6, 6.07) is 14.0. The first-order valence-electron chi connectivity index (χ1n) is 10.2. The molecule has 0 radical (unpaired) electrons. The Morgan fingerprint density at radius 2 is 1.79 bits per heavy atom. The molecule has 3 rings (SSSR count). The van der Waals surface area contributed by atoms with E-state index in [1.165, 1.54) is 6.07 Å². The molecular formula is C23H28FN3O2. The average molecular weight is 397 g/mol. The van der Waals surface area contributed by atoms with Crippen molar-refractivity contribution >= 4 is 17.5 Å². The first kappa shape index (κ1) is 21.0. The third-order valence-electron chi connectivity index (χ3n) is 5.19. The summed E-state index contributed by atoms with van der Waals surface area (Å²) < 4.78 is 14.0. The van der Waals surface area contributed by atoms with Crippen molar-refractivity contribution in [2.45, 2.75) is 39.3 Å². The molecule has 1 aliphatic carbocycles. The van der Waals surface area contributed by atoms with Crippen LogP contribution in [0.25, 0.3) is 0 Å². The fourth-order valence-corrected chi connectivity index (χ4v) is 3.41. The highest BCUT2D eigenvalue weighted by Crippen LogP contribution is 2.28. The molecule has 0 saturated heterocycles. The zero-order valence-electron chi connectivity index (χ0n) is 17.0. The fourth-order valence-electron chi connectivity index (χ4n) is 3.41. The molecule has 0 aromatic heterocycles. The minimum absolute atomic E-state index is 0.0507. The van der Waals surface area contributed by atoms with E-state index < -0.39 is 0 Å². The number of carbonyl (C=O) groups excluding carboxylic acids is 2. The lowest BCUT2D eigenvalue weighted by atomic mass is 10.1. The van der Waals surface area contributed by atoms with Crippen LogP contribution in [-0.4, -0.2) is 47.3 Å². The molecule has 0 spiro atoms. The minimum Gasteiger partial charge on any atom is -0.339 e. The van der Waals surface area contributed by atoms with Crippen LogP contribution in [0.15, 0.2) is 48.5 Å². The van der Waals surface area contributed by atoms with Crippen LogP contribution in [0.1, 0.15) is 42.6 Å². The fraction of sp³-hybridized carbons (Fsp3) is 0.391. The van der Waals surface area contributed by atoms with Crippen LogP contribution in [0, 0.1) is 5.82 Å². The molecule has 1 N–H and O–H groups in total. The molecule has 2 amide bonds. The standard InChI is InChI=1S/C23H28FN3O2/c1-3-26(4-2)23(29)17-9-7-10-19(14-17)25-22(28)16-27(20-12-13-20)15-18-8-5-6-11-21(18)24/h5-11,14,20H,3-4,12-13,15-16H2,1-2H3,(H,25,28). The SMILES string of the molecule is CCN(CC)C(=O)c1cccc(NC(=O)CN(Cc2ccccc2F)C2CC2)c1. The van der Waals surface area contributed by atoms with E-state index in [9.17, 15) is 14.0 Å². The van der Waals surface area contributed by atoms with E-state index in [2.05, 4.69) is 5.32 Å². The number of rotatable bonds is 9. The number of nitrogens with zero attached hydrogens (tertiary/aromatic N) is 2. The Kier molecular flexibility index (Phi) is 6.99. The van der Waals surface area contributed by atoms with Gasteiger partial charge in [0.25, 0.3) is 5.91 Å². The Bertz CT molecular complexity index is 863. The smallest absolute Gasteiger partial charge is 0.253 e. The molecule has 0 aliphatic heterocycles. The van der Waals surface area contributed by atoms with Gasteiger partial charge in [-0.2, -0.15) is 0 Å². The lowest BCUT2D eigenvalue weighted by Gasteiger charge is -2.22. The molecule has 2 aromatic rings. The van der Waals surface area contributed by atoms with E-state index in [-0.39, 0.29) is 24.2 Å². The predicted molar refractivity (Wildman–Crippen MR) is 112 cm³/mol. The molecule has 0 unspecified atom stereocenters. The van der Waals surface area contributed by atoms with Crippen molar-refractivity contribution in [2.75, 3.05) is 25.0 Å². The molecule has 29 heavy (non-hydrogen) atoms. The molecule has 0 atom stereocenters. The molecule has 0 heterocycles. The van der Waals surface area contributed by atoms with Gasteiger partial charge in [0, 0.05) is 42.5 Å². The summed E-state index contributed by atoms with van der Waals surface area (Å²) in [4.78, 5) is 28.9. The Morgan fingerprint density at radius 1 is 1.07 bits per heavy atom. The molecule has 0 bridgehead atoms. The predicted octanol–water partition coefficient (Wildman–Crippen LogP) is 3.91. The lowest BCUT2D eigenvalue weighted by molar-refractivity contribution is -0.117. The number of halogens is 1. The van der Waals surface area contributed by atoms with E-state index in [0.717, 1.165) is 12.8 Å². The number of nitrogens with one attached hydrogen (secondary N) is 1. The highest BCUT2D eigenvalue weighted by atomic mass is 19.1. The Hall–Kier alpha value is -2.73. The molecule has 1 saturated carbocycles. The second kappa shape index (κ2) is 9.65. The van der Waals surface area contributed by atoms with Gasteiger partial charge in [-0.05, 0) is 51.0 Å². The molecule has 1 fully saturated rings. The summed E-state index contributed by atoms with van der Waals surface area (Å²) in [6.07, 6.45) is 2.05. The van der Waals surface area contributed by atoms with Crippen molar-refractivity contribution in [3.8, 4) is 0 Å². The van der Waals surface area contributed by atoms with Crippen LogP contribution in [0.2, 0.25) is 0 Å². The summed E-state index contributed by atoms with van der Waals surface area (Å²) in [5, 5.41) is 2.88. The molecule has 6 heteroatoms. The zero-order chi connectivity index (χ0) is 20.8. The van der Waals surface area contributed by atoms with Crippen molar-refractivity contribution in [1.29, 1.82) is 0 Å². The second-order valence-electron chi connectivity index (χ2n) is 7.33. The van der Waals surface area contributed by atoms with E-state index in [1.54, 1.807) is 41.3 Å². The van der Waals surface area contributed by atoms with Crippen LogP contribution >= 0.6 is 0 Å². The molecule has 154 valence electrons. The van der Waals surface area contributed by atoms with Gasteiger partial charge < -0.3 is 10.2 Å². The van der Waals surface area contributed by atoms with E-state index in [1.807, 2.05) is 24.8 Å². The maximum Gasteiger partial charge on any atom is 0.253 e.